The van der Waals surface area contributed by atoms with Crippen LogP contribution in [0.1, 0.15) is 0 Å². The van der Waals surface area contributed by atoms with Gasteiger partial charge in [0.15, 0.2) is 0 Å². The van der Waals surface area contributed by atoms with Crippen LogP contribution in [0.2, 0.25) is 0 Å². The predicted octanol–water partition coefficient (Wildman–Crippen LogP) is 1.02. The first-order chi connectivity index (χ1) is 3.63. The highest BCUT2D eigenvalue weighted by Crippen LogP contribution is 1.84. The molecule has 0 heterocycles. The standard InChI is InChI=1S/C5H9FN2/c1-5(6)4-7-8(2)3/h4H,1H2,2-3H3/b7-4-. The lowest BCUT2D eigenvalue weighted by Gasteiger charge is -1.99. The molecule has 0 atom stereocenters. The predicted molar refractivity (Wildman–Crippen MR) is 32.4 cm³/mol. The Morgan fingerprint density at radius 3 is 2.38 bits per heavy atom. The average molecular weight is 116 g/mol. The van der Waals surface area contributed by atoms with Gasteiger partial charge in [0.05, 0.1) is 6.21 Å². The SMILES string of the molecule is C=C(F)/C=N\N(C)C. The van der Waals surface area contributed by atoms with Crippen molar-refractivity contribution in [2.24, 2.45) is 5.10 Å². The van der Waals surface area contributed by atoms with Gasteiger partial charge in [-0.25, -0.2) is 4.39 Å². The summed E-state index contributed by atoms with van der Waals surface area (Å²) in [5.41, 5.74) is 0. The zero-order valence-corrected chi connectivity index (χ0v) is 5.06. The Labute approximate surface area is 48.3 Å². The number of halogens is 1. The lowest BCUT2D eigenvalue weighted by Crippen LogP contribution is -2.01. The van der Waals surface area contributed by atoms with Gasteiger partial charge in [0.25, 0.3) is 0 Å². The highest BCUT2D eigenvalue weighted by molar-refractivity contribution is 5.74. The molecule has 3 heteroatoms. The smallest absolute Gasteiger partial charge is 0.136 e. The Morgan fingerprint density at radius 1 is 1.75 bits per heavy atom. The molecular weight excluding hydrogens is 107 g/mol. The van der Waals surface area contributed by atoms with Gasteiger partial charge in [-0.1, -0.05) is 6.58 Å². The van der Waals surface area contributed by atoms with Crippen molar-refractivity contribution in [2.75, 3.05) is 14.1 Å². The fraction of sp³-hybridized carbons (Fsp3) is 0.400. The molecule has 0 unspecified atom stereocenters. The fourth-order valence-corrected chi connectivity index (χ4v) is 0.178. The third-order valence-corrected chi connectivity index (χ3v) is 0.429. The van der Waals surface area contributed by atoms with Crippen LogP contribution in [0.25, 0.3) is 0 Å². The van der Waals surface area contributed by atoms with Crippen LogP contribution < -0.4 is 0 Å². The largest absolute Gasteiger partial charge is 0.303 e. The van der Waals surface area contributed by atoms with Crippen LogP contribution in [0.5, 0.6) is 0 Å². The van der Waals surface area contributed by atoms with E-state index in [1.54, 1.807) is 14.1 Å². The van der Waals surface area contributed by atoms with Crippen molar-refractivity contribution >= 4 is 6.21 Å². The van der Waals surface area contributed by atoms with Gasteiger partial charge in [-0.3, -0.25) is 0 Å². The molecule has 0 aliphatic carbocycles. The third kappa shape index (κ3) is 5.14. The Hall–Kier alpha value is -0.860. The van der Waals surface area contributed by atoms with Crippen LogP contribution in [-0.2, 0) is 0 Å². The van der Waals surface area contributed by atoms with Crippen LogP contribution >= 0.6 is 0 Å². The molecule has 0 spiro atoms. The van der Waals surface area contributed by atoms with Crippen molar-refractivity contribution in [3.63, 3.8) is 0 Å². The Morgan fingerprint density at radius 2 is 2.25 bits per heavy atom. The molecule has 8 heavy (non-hydrogen) atoms. The molecule has 2 nitrogen and oxygen atoms in total. The zero-order chi connectivity index (χ0) is 6.57. The van der Waals surface area contributed by atoms with Crippen molar-refractivity contribution in [3.05, 3.63) is 12.4 Å². The molecular formula is C5H9FN2. The molecule has 0 saturated heterocycles. The maximum atomic E-state index is 11.7. The molecule has 0 bridgehead atoms. The molecule has 0 fully saturated rings. The van der Waals surface area contributed by atoms with E-state index in [0.29, 0.717) is 0 Å². The summed E-state index contributed by atoms with van der Waals surface area (Å²) in [7, 11) is 3.42. The minimum atomic E-state index is -0.529. The van der Waals surface area contributed by atoms with Crippen LogP contribution in [-0.4, -0.2) is 25.3 Å². The number of allylic oxidation sites excluding steroid dienone is 1. The Bertz CT molecular complexity index is 107. The molecule has 0 radical (unpaired) electrons. The second kappa shape index (κ2) is 3.18. The van der Waals surface area contributed by atoms with Crippen LogP contribution in [0.15, 0.2) is 17.5 Å². The summed E-state index contributed by atoms with van der Waals surface area (Å²) in [6.07, 6.45) is 1.06. The molecule has 0 aliphatic heterocycles. The van der Waals surface area contributed by atoms with Crippen molar-refractivity contribution in [2.45, 2.75) is 0 Å². The lowest BCUT2D eigenvalue weighted by molar-refractivity contribution is 0.439. The number of hydrogen-bond donors (Lipinski definition) is 0. The number of rotatable bonds is 2. The van der Waals surface area contributed by atoms with Crippen molar-refractivity contribution in [1.29, 1.82) is 0 Å². The molecule has 46 valence electrons. The second-order valence-corrected chi connectivity index (χ2v) is 1.54. The van der Waals surface area contributed by atoms with E-state index < -0.39 is 5.83 Å². The van der Waals surface area contributed by atoms with E-state index >= 15 is 0 Å². The summed E-state index contributed by atoms with van der Waals surface area (Å²) in [5, 5.41) is 5.05. The fourth-order valence-electron chi connectivity index (χ4n) is 0.178. The van der Waals surface area contributed by atoms with E-state index in [-0.39, 0.29) is 0 Å². The molecule has 0 aromatic rings. The summed E-state index contributed by atoms with van der Waals surface area (Å²) in [6.45, 7) is 2.98. The zero-order valence-electron chi connectivity index (χ0n) is 5.06. The van der Waals surface area contributed by atoms with Gasteiger partial charge in [0.1, 0.15) is 5.83 Å². The molecule has 0 rings (SSSR count). The first-order valence-corrected chi connectivity index (χ1v) is 2.18. The summed E-state index contributed by atoms with van der Waals surface area (Å²) in [5.74, 6) is -0.529. The molecule has 0 amide bonds. The monoisotopic (exact) mass is 116 g/mol. The van der Waals surface area contributed by atoms with E-state index in [9.17, 15) is 4.39 Å². The van der Waals surface area contributed by atoms with Gasteiger partial charge in [-0.2, -0.15) is 5.10 Å². The Kier molecular flexibility index (Phi) is 2.84. The first kappa shape index (κ1) is 7.14. The van der Waals surface area contributed by atoms with Gasteiger partial charge in [-0.15, -0.1) is 0 Å². The molecule has 0 aromatic carbocycles. The third-order valence-electron chi connectivity index (χ3n) is 0.429. The van der Waals surface area contributed by atoms with Crippen LogP contribution in [0.3, 0.4) is 0 Å². The van der Waals surface area contributed by atoms with Gasteiger partial charge >= 0.3 is 0 Å². The van der Waals surface area contributed by atoms with Crippen LogP contribution in [0.4, 0.5) is 4.39 Å². The van der Waals surface area contributed by atoms with Crippen molar-refractivity contribution in [3.8, 4) is 0 Å². The minimum absolute atomic E-state index is 0.529. The Balaban J connectivity index is 3.50. The van der Waals surface area contributed by atoms with E-state index in [2.05, 4.69) is 11.7 Å². The molecule has 0 N–H and O–H groups in total. The normalized spacial score (nSPS) is 9.88. The maximum Gasteiger partial charge on any atom is 0.136 e. The van der Waals surface area contributed by atoms with Gasteiger partial charge in [0.2, 0.25) is 0 Å². The number of nitrogens with zero attached hydrogens (tertiary/aromatic N) is 2. The molecule has 0 aliphatic rings. The lowest BCUT2D eigenvalue weighted by atomic mass is 10.7. The van der Waals surface area contributed by atoms with Crippen molar-refractivity contribution < 1.29 is 4.39 Å². The number of hydrazone groups is 1. The minimum Gasteiger partial charge on any atom is -0.303 e. The van der Waals surface area contributed by atoms with Crippen molar-refractivity contribution in [1.82, 2.24) is 5.01 Å². The second-order valence-electron chi connectivity index (χ2n) is 1.54. The summed E-state index contributed by atoms with van der Waals surface area (Å²) in [4.78, 5) is 0. The van der Waals surface area contributed by atoms with E-state index in [1.807, 2.05) is 0 Å². The van der Waals surface area contributed by atoms with Crippen LogP contribution in [0, 0.1) is 0 Å². The average Bonchev–Trinajstić information content (AvgIpc) is 1.61. The van der Waals surface area contributed by atoms with Gasteiger partial charge in [0, 0.05) is 14.1 Å². The van der Waals surface area contributed by atoms with E-state index in [4.69, 9.17) is 0 Å². The quantitative estimate of drug-likeness (QED) is 0.388. The highest BCUT2D eigenvalue weighted by atomic mass is 19.1. The maximum absolute atomic E-state index is 11.7. The van der Waals surface area contributed by atoms with Gasteiger partial charge in [-0.05, 0) is 0 Å². The summed E-state index contributed by atoms with van der Waals surface area (Å²) < 4.78 is 11.7. The van der Waals surface area contributed by atoms with Gasteiger partial charge < -0.3 is 5.01 Å². The van der Waals surface area contributed by atoms with E-state index in [1.165, 1.54) is 5.01 Å². The number of hydrogen-bond acceptors (Lipinski definition) is 2. The summed E-state index contributed by atoms with van der Waals surface area (Å²) >= 11 is 0. The summed E-state index contributed by atoms with van der Waals surface area (Å²) in [6, 6.07) is 0. The molecule has 0 aromatic heterocycles. The van der Waals surface area contributed by atoms with E-state index in [0.717, 1.165) is 6.21 Å². The highest BCUT2D eigenvalue weighted by Gasteiger charge is 1.79. The topological polar surface area (TPSA) is 15.6 Å². The first-order valence-electron chi connectivity index (χ1n) is 2.18. The molecule has 0 saturated carbocycles.